The van der Waals surface area contributed by atoms with Crippen LogP contribution >= 0.6 is 0 Å². The fourth-order valence-corrected chi connectivity index (χ4v) is 5.40. The number of hydrogen-bond donors (Lipinski definition) is 2. The number of anilines is 1. The number of benzene rings is 4. The number of aromatic hydroxyl groups is 1. The van der Waals surface area contributed by atoms with Crippen LogP contribution in [0.2, 0.25) is 0 Å². The lowest BCUT2D eigenvalue weighted by Crippen LogP contribution is -2.20. The molecule has 0 saturated heterocycles. The third kappa shape index (κ3) is 4.70. The smallest absolute Gasteiger partial charge is 0.349 e. The van der Waals surface area contributed by atoms with Crippen LogP contribution in [-0.2, 0) is 0 Å². The van der Waals surface area contributed by atoms with Crippen molar-refractivity contribution < 1.29 is 14.4 Å². The largest absolute Gasteiger partial charge is 0.506 e. The Labute approximate surface area is 244 Å². The number of nitrogens with zero attached hydrogens (tertiary/aromatic N) is 4. The van der Waals surface area contributed by atoms with Gasteiger partial charge in [0.05, 0.1) is 44.8 Å². The highest BCUT2D eigenvalue weighted by molar-refractivity contribution is 6.08. The van der Waals surface area contributed by atoms with Gasteiger partial charge in [0, 0.05) is 35.9 Å². The van der Waals surface area contributed by atoms with E-state index >= 15 is 0 Å². The summed E-state index contributed by atoms with van der Waals surface area (Å²) in [7, 11) is 0. The van der Waals surface area contributed by atoms with E-state index in [9.17, 15) is 20.0 Å². The van der Waals surface area contributed by atoms with Crippen LogP contribution in [0.4, 0.5) is 17.1 Å². The summed E-state index contributed by atoms with van der Waals surface area (Å²) in [5.41, 5.74) is 3.73. The molecule has 7 rings (SSSR count). The zero-order chi connectivity index (χ0) is 29.5. The summed E-state index contributed by atoms with van der Waals surface area (Å²) in [5.74, 6) is -0.206. The molecule has 0 radical (unpaired) electrons. The predicted molar refractivity (Wildman–Crippen MR) is 163 cm³/mol. The average Bonchev–Trinajstić information content (AvgIpc) is 3.38. The molecule has 10 nitrogen and oxygen atoms in total. The lowest BCUT2D eigenvalue weighted by atomic mass is 9.95. The van der Waals surface area contributed by atoms with Crippen LogP contribution in [-0.4, -0.2) is 25.5 Å². The minimum Gasteiger partial charge on any atom is -0.506 e. The quantitative estimate of drug-likeness (QED) is 0.130. The van der Waals surface area contributed by atoms with E-state index < -0.39 is 16.6 Å². The molecule has 1 unspecified atom stereocenters. The molecular formula is C33H23N5O5. The summed E-state index contributed by atoms with van der Waals surface area (Å²) in [5, 5.41) is 31.8. The van der Waals surface area contributed by atoms with Crippen LogP contribution in [0.5, 0.6) is 5.75 Å². The summed E-state index contributed by atoms with van der Waals surface area (Å²) in [6.45, 7) is 0. The summed E-state index contributed by atoms with van der Waals surface area (Å²) in [6.07, 6.45) is 2.04. The number of nitrogens with one attached hydrogen (secondary N) is 1. The van der Waals surface area contributed by atoms with Crippen LogP contribution in [0.25, 0.3) is 27.9 Å². The first-order valence-corrected chi connectivity index (χ1v) is 13.5. The van der Waals surface area contributed by atoms with Crippen molar-refractivity contribution in [2.75, 3.05) is 5.32 Å². The number of para-hydroxylation sites is 4. The normalized spacial score (nSPS) is 14.4. The van der Waals surface area contributed by atoms with Gasteiger partial charge in [0.2, 0.25) is 0 Å². The predicted octanol–water partition coefficient (Wildman–Crippen LogP) is 6.94. The second-order valence-electron chi connectivity index (χ2n) is 10.1. The zero-order valence-electron chi connectivity index (χ0n) is 22.5. The molecule has 2 N–H and O–H groups in total. The number of nitro groups is 1. The van der Waals surface area contributed by atoms with Crippen molar-refractivity contribution in [3.05, 3.63) is 141 Å². The summed E-state index contributed by atoms with van der Waals surface area (Å²) < 4.78 is 7.31. The molecule has 0 bridgehead atoms. The van der Waals surface area contributed by atoms with Crippen molar-refractivity contribution in [2.24, 2.45) is 4.99 Å². The maximum atomic E-state index is 13.3. The van der Waals surface area contributed by atoms with Gasteiger partial charge in [-0.2, -0.15) is 5.10 Å². The number of nitro benzene ring substituents is 1. The third-order valence-corrected chi connectivity index (χ3v) is 7.43. The van der Waals surface area contributed by atoms with Gasteiger partial charge >= 0.3 is 5.63 Å². The van der Waals surface area contributed by atoms with Crippen molar-refractivity contribution in [1.29, 1.82) is 0 Å². The first-order valence-electron chi connectivity index (χ1n) is 13.5. The summed E-state index contributed by atoms with van der Waals surface area (Å²) >= 11 is 0. The summed E-state index contributed by atoms with van der Waals surface area (Å²) in [6, 6.07) is 29.6. The van der Waals surface area contributed by atoms with E-state index in [-0.39, 0.29) is 29.0 Å². The van der Waals surface area contributed by atoms with Crippen molar-refractivity contribution in [3.63, 3.8) is 0 Å². The number of aromatic nitrogens is 2. The maximum Gasteiger partial charge on any atom is 0.349 e. The van der Waals surface area contributed by atoms with Crippen LogP contribution < -0.4 is 10.9 Å². The molecule has 0 saturated carbocycles. The molecule has 2 aromatic heterocycles. The molecule has 210 valence electrons. The lowest BCUT2D eigenvalue weighted by Gasteiger charge is -2.19. The van der Waals surface area contributed by atoms with E-state index in [1.165, 1.54) is 12.1 Å². The van der Waals surface area contributed by atoms with Gasteiger partial charge in [-0.1, -0.05) is 54.6 Å². The minimum atomic E-state index is -0.702. The fourth-order valence-electron chi connectivity index (χ4n) is 5.40. The van der Waals surface area contributed by atoms with E-state index in [0.717, 1.165) is 11.3 Å². The standard InChI is InChI=1S/C33H23N5O5/c39-32-23-13-4-7-16-29(23)43-33(40)30(32)28-18-27(34-25-14-5-6-15-26(25)35-28)24-19-37(21-10-2-1-3-11-21)36-31(24)20-9-8-12-22(17-20)38(41)42/h1-17,19,27,34,39H,18H2. The molecule has 1 aliphatic rings. The van der Waals surface area contributed by atoms with Crippen molar-refractivity contribution in [2.45, 2.75) is 12.5 Å². The van der Waals surface area contributed by atoms with Crippen LogP contribution in [0.1, 0.15) is 23.6 Å². The second kappa shape index (κ2) is 10.4. The maximum absolute atomic E-state index is 13.3. The Balaban J connectivity index is 1.43. The highest BCUT2D eigenvalue weighted by atomic mass is 16.6. The molecule has 3 heterocycles. The van der Waals surface area contributed by atoms with Gasteiger partial charge in [0.15, 0.2) is 0 Å². The van der Waals surface area contributed by atoms with Gasteiger partial charge < -0.3 is 14.8 Å². The Morgan fingerprint density at radius 2 is 1.72 bits per heavy atom. The monoisotopic (exact) mass is 569 g/mol. The average molecular weight is 570 g/mol. The highest BCUT2D eigenvalue weighted by Crippen LogP contribution is 2.40. The molecule has 6 aromatic rings. The van der Waals surface area contributed by atoms with Gasteiger partial charge in [0.1, 0.15) is 16.9 Å². The van der Waals surface area contributed by atoms with Crippen molar-refractivity contribution >= 4 is 33.7 Å². The Morgan fingerprint density at radius 3 is 2.56 bits per heavy atom. The van der Waals surface area contributed by atoms with E-state index in [1.54, 1.807) is 41.1 Å². The molecule has 0 spiro atoms. The van der Waals surface area contributed by atoms with E-state index in [1.807, 2.05) is 60.8 Å². The molecule has 0 aliphatic carbocycles. The molecule has 1 aliphatic heterocycles. The summed E-state index contributed by atoms with van der Waals surface area (Å²) in [4.78, 5) is 29.3. The molecule has 0 amide bonds. The second-order valence-corrected chi connectivity index (χ2v) is 10.1. The first-order chi connectivity index (χ1) is 21.0. The van der Waals surface area contributed by atoms with Crippen LogP contribution in [0.3, 0.4) is 0 Å². The van der Waals surface area contributed by atoms with Gasteiger partial charge in [0.25, 0.3) is 5.69 Å². The van der Waals surface area contributed by atoms with E-state index in [0.29, 0.717) is 33.7 Å². The SMILES string of the molecule is O=c1oc2ccccc2c(O)c1C1=Nc2ccccc2NC(c2cn(-c3ccccc3)nc2-c2cccc([N+](=O)[O-])c2)C1. The lowest BCUT2D eigenvalue weighted by molar-refractivity contribution is -0.384. The van der Waals surface area contributed by atoms with Crippen molar-refractivity contribution in [1.82, 2.24) is 9.78 Å². The number of rotatable bonds is 5. The Bertz CT molecular complexity index is 2120. The van der Waals surface area contributed by atoms with Crippen LogP contribution in [0, 0.1) is 10.1 Å². The highest BCUT2D eigenvalue weighted by Gasteiger charge is 2.29. The Hall–Kier alpha value is -6.03. The number of non-ortho nitro benzene ring substituents is 1. The van der Waals surface area contributed by atoms with Crippen LogP contribution in [0.15, 0.2) is 124 Å². The zero-order valence-corrected chi connectivity index (χ0v) is 22.5. The number of aliphatic imine (C=N–C) groups is 1. The topological polar surface area (TPSA) is 136 Å². The Morgan fingerprint density at radius 1 is 0.953 bits per heavy atom. The van der Waals surface area contributed by atoms with Gasteiger partial charge in [-0.15, -0.1) is 0 Å². The van der Waals surface area contributed by atoms with Gasteiger partial charge in [-0.25, -0.2) is 9.48 Å². The van der Waals surface area contributed by atoms with E-state index in [2.05, 4.69) is 5.32 Å². The van der Waals surface area contributed by atoms with Crippen molar-refractivity contribution in [3.8, 4) is 22.7 Å². The fraction of sp³-hybridized carbons (Fsp3) is 0.0606. The van der Waals surface area contributed by atoms with Gasteiger partial charge in [-0.05, 0) is 36.4 Å². The minimum absolute atomic E-state index is 0.0189. The first kappa shape index (κ1) is 25.9. The third-order valence-electron chi connectivity index (χ3n) is 7.43. The van der Waals surface area contributed by atoms with E-state index in [4.69, 9.17) is 14.5 Å². The molecule has 4 aromatic carbocycles. The molecule has 1 atom stereocenters. The van der Waals surface area contributed by atoms with Gasteiger partial charge in [-0.3, -0.25) is 15.1 Å². The molecule has 43 heavy (non-hydrogen) atoms. The molecular weight excluding hydrogens is 546 g/mol. The molecule has 10 heteroatoms. The Kier molecular flexibility index (Phi) is 6.28. The number of hydrogen-bond acceptors (Lipinski definition) is 8. The number of fused-ring (bicyclic) bond motifs is 2. The molecule has 0 fully saturated rings.